The molecule has 0 aromatic heterocycles. The summed E-state index contributed by atoms with van der Waals surface area (Å²) >= 11 is 0. The van der Waals surface area contributed by atoms with Crippen LogP contribution in [-0.4, -0.2) is 11.1 Å². The molecule has 2 rings (SSSR count). The molecule has 0 amide bonds. The van der Waals surface area contributed by atoms with Crippen molar-refractivity contribution in [1.29, 1.82) is 0 Å². The average Bonchev–Trinajstić information content (AvgIpc) is 2.32. The summed E-state index contributed by atoms with van der Waals surface area (Å²) < 4.78 is 0. The fourth-order valence-electron chi connectivity index (χ4n) is 2.68. The molecule has 2 nitrogen and oxygen atoms in total. The number of benzene rings is 1. The molecule has 0 saturated carbocycles. The van der Waals surface area contributed by atoms with Gasteiger partial charge in [-0.25, -0.2) is 4.79 Å². The molecule has 17 heavy (non-hydrogen) atoms. The van der Waals surface area contributed by atoms with E-state index in [0.29, 0.717) is 5.57 Å². The Morgan fingerprint density at radius 1 is 1.18 bits per heavy atom. The molecule has 0 atom stereocenters. The normalized spacial score (nSPS) is 17.6. The van der Waals surface area contributed by atoms with Crippen molar-refractivity contribution in [3.05, 3.63) is 40.0 Å². The van der Waals surface area contributed by atoms with Gasteiger partial charge in [-0.2, -0.15) is 0 Å². The van der Waals surface area contributed by atoms with Gasteiger partial charge in [-0.3, -0.25) is 0 Å². The minimum Gasteiger partial charge on any atom is -0.478 e. The lowest BCUT2D eigenvalue weighted by Gasteiger charge is -2.24. The monoisotopic (exact) mass is 230 g/mol. The van der Waals surface area contributed by atoms with Crippen LogP contribution in [0.5, 0.6) is 0 Å². The van der Waals surface area contributed by atoms with Gasteiger partial charge in [0, 0.05) is 5.57 Å². The number of fused-ring (bicyclic) bond motifs is 1. The first-order valence-corrected chi connectivity index (χ1v) is 6.05. The number of aryl methyl sites for hydroxylation is 2. The third-order valence-electron chi connectivity index (χ3n) is 3.68. The van der Waals surface area contributed by atoms with Gasteiger partial charge >= 0.3 is 5.97 Å². The second-order valence-corrected chi connectivity index (χ2v) is 4.82. The highest BCUT2D eigenvalue weighted by molar-refractivity contribution is 5.97. The fraction of sp³-hybridized carbons (Fsp3) is 0.400. The largest absolute Gasteiger partial charge is 0.478 e. The zero-order valence-corrected chi connectivity index (χ0v) is 10.6. The van der Waals surface area contributed by atoms with E-state index in [2.05, 4.69) is 26.0 Å². The first-order valence-electron chi connectivity index (χ1n) is 6.05. The van der Waals surface area contributed by atoms with E-state index >= 15 is 0 Å². The molecule has 1 aromatic carbocycles. The number of rotatable bonds is 1. The van der Waals surface area contributed by atoms with Gasteiger partial charge in [0.1, 0.15) is 0 Å². The van der Waals surface area contributed by atoms with Crippen molar-refractivity contribution in [3.63, 3.8) is 0 Å². The Morgan fingerprint density at radius 2 is 1.82 bits per heavy atom. The molecule has 0 heterocycles. The van der Waals surface area contributed by atoms with E-state index in [0.717, 1.165) is 24.8 Å². The average molecular weight is 230 g/mol. The van der Waals surface area contributed by atoms with Crippen LogP contribution in [0.4, 0.5) is 0 Å². The van der Waals surface area contributed by atoms with E-state index < -0.39 is 5.97 Å². The number of carboxylic acid groups (broad SMARTS) is 1. The minimum atomic E-state index is -0.797. The van der Waals surface area contributed by atoms with E-state index in [1.54, 1.807) is 6.92 Å². The topological polar surface area (TPSA) is 37.3 Å². The molecule has 0 unspecified atom stereocenters. The molecule has 2 heteroatoms. The number of allylic oxidation sites excluding steroid dienone is 1. The zero-order valence-electron chi connectivity index (χ0n) is 10.6. The van der Waals surface area contributed by atoms with Gasteiger partial charge < -0.3 is 5.11 Å². The zero-order chi connectivity index (χ0) is 12.6. The fourth-order valence-corrected chi connectivity index (χ4v) is 2.68. The maximum absolute atomic E-state index is 11.1. The van der Waals surface area contributed by atoms with Crippen LogP contribution in [0.15, 0.2) is 17.7 Å². The van der Waals surface area contributed by atoms with Crippen LogP contribution in [0.1, 0.15) is 42.0 Å². The molecule has 1 aliphatic carbocycles. The second-order valence-electron chi connectivity index (χ2n) is 4.82. The molecular formula is C15H18O2. The van der Waals surface area contributed by atoms with Crippen LogP contribution >= 0.6 is 0 Å². The Hall–Kier alpha value is -1.57. The summed E-state index contributed by atoms with van der Waals surface area (Å²) in [5.74, 6) is -0.797. The number of aliphatic carboxylic acids is 1. The summed E-state index contributed by atoms with van der Waals surface area (Å²) in [6.07, 6.45) is 3.01. The van der Waals surface area contributed by atoms with Gasteiger partial charge in [0.15, 0.2) is 0 Å². The van der Waals surface area contributed by atoms with Crippen molar-refractivity contribution >= 4 is 11.5 Å². The third-order valence-corrected chi connectivity index (χ3v) is 3.68. The molecule has 1 aromatic rings. The first kappa shape index (κ1) is 11.9. The van der Waals surface area contributed by atoms with Crippen molar-refractivity contribution < 1.29 is 9.90 Å². The number of hydrogen-bond acceptors (Lipinski definition) is 1. The Bertz CT molecular complexity index is 510. The quantitative estimate of drug-likeness (QED) is 0.750. The van der Waals surface area contributed by atoms with Gasteiger partial charge in [0.25, 0.3) is 0 Å². The van der Waals surface area contributed by atoms with E-state index in [1.165, 1.54) is 22.3 Å². The summed E-state index contributed by atoms with van der Waals surface area (Å²) in [6.45, 7) is 5.89. The lowest BCUT2D eigenvalue weighted by atomic mass is 9.80. The van der Waals surface area contributed by atoms with Crippen molar-refractivity contribution in [2.75, 3.05) is 0 Å². The Labute approximate surface area is 102 Å². The Morgan fingerprint density at radius 3 is 2.47 bits per heavy atom. The van der Waals surface area contributed by atoms with Gasteiger partial charge in [-0.15, -0.1) is 0 Å². The van der Waals surface area contributed by atoms with Gasteiger partial charge in [-0.1, -0.05) is 12.1 Å². The number of carboxylic acids is 1. The summed E-state index contributed by atoms with van der Waals surface area (Å²) in [5.41, 5.74) is 6.53. The van der Waals surface area contributed by atoms with Crippen LogP contribution in [0.3, 0.4) is 0 Å². The summed E-state index contributed by atoms with van der Waals surface area (Å²) in [4.78, 5) is 11.1. The lowest BCUT2D eigenvalue weighted by molar-refractivity contribution is -0.132. The second kappa shape index (κ2) is 4.36. The van der Waals surface area contributed by atoms with Gasteiger partial charge in [0.2, 0.25) is 0 Å². The standard InChI is InChI=1S/C15H18O2/c1-9-7-8-10(2)14-12(9)5-4-6-13(14)11(3)15(16)17/h7-8H,4-6H2,1-3H3,(H,16,17)/b13-11+. The third kappa shape index (κ3) is 1.99. The lowest BCUT2D eigenvalue weighted by Crippen LogP contribution is -2.10. The summed E-state index contributed by atoms with van der Waals surface area (Å²) in [6, 6.07) is 4.22. The molecular weight excluding hydrogens is 212 g/mol. The minimum absolute atomic E-state index is 0.500. The van der Waals surface area contributed by atoms with E-state index in [9.17, 15) is 4.79 Å². The highest BCUT2D eigenvalue weighted by Crippen LogP contribution is 2.36. The van der Waals surface area contributed by atoms with Crippen molar-refractivity contribution in [2.45, 2.75) is 40.0 Å². The molecule has 90 valence electrons. The highest BCUT2D eigenvalue weighted by Gasteiger charge is 2.21. The van der Waals surface area contributed by atoms with E-state index in [4.69, 9.17) is 5.11 Å². The van der Waals surface area contributed by atoms with Crippen molar-refractivity contribution in [1.82, 2.24) is 0 Å². The molecule has 0 saturated heterocycles. The molecule has 0 aliphatic heterocycles. The number of carbonyl (C=O) groups is 1. The predicted octanol–water partition coefficient (Wildman–Crippen LogP) is 3.50. The van der Waals surface area contributed by atoms with E-state index in [-0.39, 0.29) is 0 Å². The predicted molar refractivity (Wildman–Crippen MR) is 69.1 cm³/mol. The maximum Gasteiger partial charge on any atom is 0.331 e. The van der Waals surface area contributed by atoms with Crippen LogP contribution in [0.2, 0.25) is 0 Å². The van der Waals surface area contributed by atoms with Crippen molar-refractivity contribution in [2.24, 2.45) is 0 Å². The molecule has 0 spiro atoms. The van der Waals surface area contributed by atoms with Crippen LogP contribution in [0, 0.1) is 13.8 Å². The highest BCUT2D eigenvalue weighted by atomic mass is 16.4. The molecule has 1 N–H and O–H groups in total. The van der Waals surface area contributed by atoms with Gasteiger partial charge in [-0.05, 0) is 67.9 Å². The molecule has 0 fully saturated rings. The smallest absolute Gasteiger partial charge is 0.331 e. The summed E-state index contributed by atoms with van der Waals surface area (Å²) in [7, 11) is 0. The van der Waals surface area contributed by atoms with Crippen LogP contribution in [-0.2, 0) is 11.2 Å². The molecule has 0 radical (unpaired) electrons. The van der Waals surface area contributed by atoms with Crippen molar-refractivity contribution in [3.8, 4) is 0 Å². The maximum atomic E-state index is 11.1. The van der Waals surface area contributed by atoms with Gasteiger partial charge in [0.05, 0.1) is 0 Å². The first-order chi connectivity index (χ1) is 8.02. The number of hydrogen-bond donors (Lipinski definition) is 1. The Kier molecular flexibility index (Phi) is 3.05. The van der Waals surface area contributed by atoms with Crippen LogP contribution in [0.25, 0.3) is 5.57 Å². The Balaban J connectivity index is 2.71. The van der Waals surface area contributed by atoms with Crippen LogP contribution < -0.4 is 0 Å². The molecule has 0 bridgehead atoms. The SMILES string of the molecule is C/C(C(=O)O)=C1/CCCc2c(C)ccc(C)c21. The molecule has 1 aliphatic rings. The van der Waals surface area contributed by atoms with E-state index in [1.807, 2.05) is 0 Å². The summed E-state index contributed by atoms with van der Waals surface area (Å²) in [5, 5.41) is 9.16.